The molecule has 4 nitrogen and oxygen atoms in total. The minimum atomic E-state index is -0.630. The maximum Gasteiger partial charge on any atom is 0.129 e. The molecule has 0 aliphatic carbocycles. The summed E-state index contributed by atoms with van der Waals surface area (Å²) < 4.78 is 8.41. The van der Waals surface area contributed by atoms with Crippen LogP contribution in [0.2, 0.25) is 0 Å². The predicted octanol–water partition coefficient (Wildman–Crippen LogP) is 8.06. The van der Waals surface area contributed by atoms with Crippen LogP contribution < -0.4 is 4.74 Å². The fourth-order valence-corrected chi connectivity index (χ4v) is 5.40. The summed E-state index contributed by atoms with van der Waals surface area (Å²) in [6.45, 7) is 4.06. The normalized spacial score (nSPS) is 11.3. The maximum atomic E-state index is 6.47. The highest BCUT2D eigenvalue weighted by Gasteiger charge is 2.39. The van der Waals surface area contributed by atoms with E-state index in [9.17, 15) is 0 Å². The second-order valence-corrected chi connectivity index (χ2v) is 9.66. The summed E-state index contributed by atoms with van der Waals surface area (Å²) in [5, 5.41) is 4.63. The molecule has 6 rings (SSSR count). The number of benzene rings is 4. The number of aromatic nitrogens is 3. The second kappa shape index (κ2) is 10.4. The lowest BCUT2D eigenvalue weighted by Crippen LogP contribution is -2.32. The van der Waals surface area contributed by atoms with Gasteiger partial charge in [-0.1, -0.05) is 84.9 Å². The van der Waals surface area contributed by atoms with Gasteiger partial charge >= 0.3 is 0 Å². The van der Waals surface area contributed by atoms with Crippen LogP contribution in [0, 0.1) is 13.8 Å². The van der Waals surface area contributed by atoms with Crippen LogP contribution in [-0.2, 0) is 5.41 Å². The van der Waals surface area contributed by atoms with E-state index in [1.807, 2.05) is 72.4 Å². The lowest BCUT2D eigenvalue weighted by atomic mass is 9.67. The van der Waals surface area contributed by atoms with E-state index in [2.05, 4.69) is 90.9 Å². The summed E-state index contributed by atoms with van der Waals surface area (Å²) in [6.07, 6.45) is 1.86. The van der Waals surface area contributed by atoms with Gasteiger partial charge in [0.15, 0.2) is 0 Å². The van der Waals surface area contributed by atoms with Gasteiger partial charge in [-0.05, 0) is 73.0 Å². The Morgan fingerprint density at radius 3 is 1.82 bits per heavy atom. The lowest BCUT2D eigenvalue weighted by molar-refractivity contribution is 0.480. The molecule has 0 amide bonds. The third kappa shape index (κ3) is 4.62. The molecule has 0 N–H and O–H groups in total. The zero-order valence-corrected chi connectivity index (χ0v) is 22.0. The Kier molecular flexibility index (Phi) is 6.52. The van der Waals surface area contributed by atoms with E-state index in [4.69, 9.17) is 9.72 Å². The van der Waals surface area contributed by atoms with Crippen molar-refractivity contribution in [2.24, 2.45) is 0 Å². The van der Waals surface area contributed by atoms with Crippen LogP contribution in [0.25, 0.3) is 5.69 Å². The fraction of sp³-hybridized carbons (Fsp3) is 0.0857. The summed E-state index contributed by atoms with van der Waals surface area (Å²) in [5.74, 6) is 1.50. The molecule has 39 heavy (non-hydrogen) atoms. The van der Waals surface area contributed by atoms with E-state index in [-0.39, 0.29) is 0 Å². The summed E-state index contributed by atoms with van der Waals surface area (Å²) in [6, 6.07) is 45.7. The number of hydrogen-bond acceptors (Lipinski definition) is 3. The van der Waals surface area contributed by atoms with Crippen molar-refractivity contribution in [2.45, 2.75) is 19.3 Å². The highest BCUT2D eigenvalue weighted by atomic mass is 16.5. The average molecular weight is 508 g/mol. The molecule has 0 bridgehead atoms. The van der Waals surface area contributed by atoms with Gasteiger partial charge in [-0.25, -0.2) is 4.68 Å². The van der Waals surface area contributed by atoms with Crippen molar-refractivity contribution in [3.05, 3.63) is 173 Å². The van der Waals surface area contributed by atoms with Crippen molar-refractivity contribution in [2.75, 3.05) is 0 Å². The molecule has 0 unspecified atom stereocenters. The van der Waals surface area contributed by atoms with E-state index >= 15 is 0 Å². The molecule has 190 valence electrons. The first-order valence-corrected chi connectivity index (χ1v) is 13.1. The van der Waals surface area contributed by atoms with Gasteiger partial charge in [0.25, 0.3) is 0 Å². The van der Waals surface area contributed by atoms with Gasteiger partial charge in [-0.15, -0.1) is 0 Å². The quantitative estimate of drug-likeness (QED) is 0.205. The van der Waals surface area contributed by atoms with Crippen LogP contribution >= 0.6 is 0 Å². The number of rotatable bonds is 7. The molecule has 4 heteroatoms. The Balaban J connectivity index is 1.49. The average Bonchev–Trinajstić information content (AvgIpc) is 3.33. The minimum absolute atomic E-state index is 0.630. The van der Waals surface area contributed by atoms with Crippen LogP contribution in [-0.4, -0.2) is 14.8 Å². The van der Waals surface area contributed by atoms with Crippen molar-refractivity contribution >= 4 is 0 Å². The first kappa shape index (κ1) is 24.4. The highest BCUT2D eigenvalue weighted by molar-refractivity contribution is 5.59. The van der Waals surface area contributed by atoms with E-state index in [1.165, 1.54) is 0 Å². The van der Waals surface area contributed by atoms with Crippen LogP contribution in [0.5, 0.6) is 11.5 Å². The van der Waals surface area contributed by atoms with Crippen LogP contribution in [0.1, 0.15) is 33.8 Å². The Hall–Kier alpha value is -4.96. The van der Waals surface area contributed by atoms with Crippen molar-refractivity contribution in [3.8, 4) is 17.2 Å². The number of nitrogens with zero attached hydrogens (tertiary/aromatic N) is 3. The smallest absolute Gasteiger partial charge is 0.129 e. The zero-order chi connectivity index (χ0) is 26.7. The highest BCUT2D eigenvalue weighted by Crippen LogP contribution is 2.45. The predicted molar refractivity (Wildman–Crippen MR) is 156 cm³/mol. The molecule has 0 aliphatic heterocycles. The molecule has 4 aromatic carbocycles. The molecule has 0 aliphatic rings. The number of pyridine rings is 1. The Labute approximate surface area is 229 Å². The van der Waals surface area contributed by atoms with E-state index in [0.29, 0.717) is 0 Å². The van der Waals surface area contributed by atoms with Gasteiger partial charge in [0.2, 0.25) is 0 Å². The molecule has 0 spiro atoms. The van der Waals surface area contributed by atoms with E-state index < -0.39 is 5.41 Å². The minimum Gasteiger partial charge on any atom is -0.457 e. The SMILES string of the molecule is Cc1cc(C)n(-c2cccc(Oc3cccc(C(c4ccccc4)(c4ccccc4)c4ccccn4)c3)c2)n1. The maximum absolute atomic E-state index is 6.47. The topological polar surface area (TPSA) is 39.9 Å². The second-order valence-electron chi connectivity index (χ2n) is 9.66. The molecule has 0 saturated carbocycles. The largest absolute Gasteiger partial charge is 0.457 e. The molecular formula is C35H29N3O. The summed E-state index contributed by atoms with van der Waals surface area (Å²) >= 11 is 0. The van der Waals surface area contributed by atoms with Gasteiger partial charge in [0, 0.05) is 18.0 Å². The Morgan fingerprint density at radius 1 is 0.590 bits per heavy atom. The van der Waals surface area contributed by atoms with Gasteiger partial charge in [0.1, 0.15) is 11.5 Å². The summed E-state index contributed by atoms with van der Waals surface area (Å²) in [4.78, 5) is 4.90. The number of aryl methyl sites for hydroxylation is 2. The van der Waals surface area contributed by atoms with E-state index in [1.54, 1.807) is 0 Å². The first-order valence-electron chi connectivity index (χ1n) is 13.1. The van der Waals surface area contributed by atoms with Crippen LogP contribution in [0.3, 0.4) is 0 Å². The summed E-state index contributed by atoms with van der Waals surface area (Å²) in [7, 11) is 0. The van der Waals surface area contributed by atoms with Crippen molar-refractivity contribution in [3.63, 3.8) is 0 Å². The summed E-state index contributed by atoms with van der Waals surface area (Å²) in [5.41, 5.74) is 6.70. The standard InChI is InChI=1S/C35H29N3O/c1-26-23-27(2)38(37-26)31-18-12-20-33(25-31)39-32-19-11-17-30(24-32)35(28-13-5-3-6-14-28,29-15-7-4-8-16-29)34-21-9-10-22-36-34/h3-25H,1-2H3. The Bertz CT molecular complexity index is 1600. The third-order valence-electron chi connectivity index (χ3n) is 7.04. The number of ether oxygens (including phenoxy) is 1. The molecule has 0 atom stereocenters. The van der Waals surface area contributed by atoms with Crippen molar-refractivity contribution in [1.82, 2.24) is 14.8 Å². The molecule has 2 aromatic heterocycles. The molecule has 0 fully saturated rings. The zero-order valence-electron chi connectivity index (χ0n) is 22.0. The lowest BCUT2D eigenvalue weighted by Gasteiger charge is -2.35. The Morgan fingerprint density at radius 2 is 1.21 bits per heavy atom. The van der Waals surface area contributed by atoms with Crippen molar-refractivity contribution < 1.29 is 4.74 Å². The fourth-order valence-electron chi connectivity index (χ4n) is 5.40. The van der Waals surface area contributed by atoms with Gasteiger partial charge in [0.05, 0.1) is 22.5 Å². The van der Waals surface area contributed by atoms with Gasteiger partial charge < -0.3 is 4.74 Å². The van der Waals surface area contributed by atoms with Crippen LogP contribution in [0.15, 0.2) is 140 Å². The van der Waals surface area contributed by atoms with E-state index in [0.717, 1.165) is 51.0 Å². The third-order valence-corrected chi connectivity index (χ3v) is 7.04. The number of hydrogen-bond donors (Lipinski definition) is 0. The van der Waals surface area contributed by atoms with Crippen LogP contribution in [0.4, 0.5) is 0 Å². The molecular weight excluding hydrogens is 478 g/mol. The van der Waals surface area contributed by atoms with Gasteiger partial charge in [-0.3, -0.25) is 4.98 Å². The first-order chi connectivity index (χ1) is 19.1. The molecule has 2 heterocycles. The monoisotopic (exact) mass is 507 g/mol. The van der Waals surface area contributed by atoms with Gasteiger partial charge in [-0.2, -0.15) is 5.10 Å². The molecule has 6 aromatic rings. The van der Waals surface area contributed by atoms with Crippen molar-refractivity contribution in [1.29, 1.82) is 0 Å². The molecule has 0 radical (unpaired) electrons. The molecule has 0 saturated heterocycles.